The van der Waals surface area contributed by atoms with Crippen LogP contribution in [0.25, 0.3) is 0 Å². The number of ether oxygens (including phenoxy) is 1. The van der Waals surface area contributed by atoms with Gasteiger partial charge in [0.05, 0.1) is 6.10 Å². The van der Waals surface area contributed by atoms with Gasteiger partial charge in [0.1, 0.15) is 5.54 Å². The molecule has 3 aliphatic rings. The molecular weight excluding hydrogens is 306 g/mol. The molecule has 1 saturated carbocycles. The van der Waals surface area contributed by atoms with Gasteiger partial charge in [-0.2, -0.15) is 0 Å². The minimum atomic E-state index is -0.467. The molecule has 0 aromatic carbocycles. The quantitative estimate of drug-likeness (QED) is 0.820. The van der Waals surface area contributed by atoms with Gasteiger partial charge in [-0.15, -0.1) is 0 Å². The Morgan fingerprint density at radius 2 is 1.75 bits per heavy atom. The van der Waals surface area contributed by atoms with E-state index in [-0.39, 0.29) is 17.9 Å². The van der Waals surface area contributed by atoms with Gasteiger partial charge in [-0.25, -0.2) is 0 Å². The van der Waals surface area contributed by atoms with Gasteiger partial charge in [0, 0.05) is 39.2 Å². The van der Waals surface area contributed by atoms with Crippen LogP contribution < -0.4 is 5.73 Å². The molecule has 2 heterocycles. The van der Waals surface area contributed by atoms with E-state index in [1.165, 1.54) is 6.42 Å². The molecule has 0 spiro atoms. The predicted octanol–water partition coefficient (Wildman–Crippen LogP) is 1.28. The van der Waals surface area contributed by atoms with E-state index >= 15 is 0 Å². The van der Waals surface area contributed by atoms with Gasteiger partial charge in [0.15, 0.2) is 0 Å². The third-order valence-corrected chi connectivity index (χ3v) is 6.08. The Balaban J connectivity index is 1.49. The fourth-order valence-electron chi connectivity index (χ4n) is 4.55. The average Bonchev–Trinajstić information content (AvgIpc) is 3.14. The van der Waals surface area contributed by atoms with E-state index in [1.807, 2.05) is 4.90 Å². The molecule has 24 heavy (non-hydrogen) atoms. The van der Waals surface area contributed by atoms with Crippen LogP contribution in [0.15, 0.2) is 0 Å². The number of piperazine rings is 1. The SMILES string of the molecule is NC(=O)C1(N2CCN(C(=O)CC[C@H]3CCCO3)CC2)CCCCC1. The molecule has 1 aliphatic carbocycles. The first-order valence-corrected chi connectivity index (χ1v) is 9.56. The van der Waals surface area contributed by atoms with Gasteiger partial charge in [-0.1, -0.05) is 19.3 Å². The number of nitrogens with zero attached hydrogens (tertiary/aromatic N) is 2. The van der Waals surface area contributed by atoms with E-state index in [0.29, 0.717) is 19.5 Å². The summed E-state index contributed by atoms with van der Waals surface area (Å²) in [4.78, 5) is 28.7. The maximum absolute atomic E-state index is 12.4. The summed E-state index contributed by atoms with van der Waals surface area (Å²) in [6, 6.07) is 0. The summed E-state index contributed by atoms with van der Waals surface area (Å²) in [5.41, 5.74) is 5.30. The van der Waals surface area contributed by atoms with Crippen molar-refractivity contribution in [1.82, 2.24) is 9.80 Å². The molecule has 2 amide bonds. The van der Waals surface area contributed by atoms with Crippen LogP contribution in [0.1, 0.15) is 57.8 Å². The highest BCUT2D eigenvalue weighted by atomic mass is 16.5. The second-order valence-electron chi connectivity index (χ2n) is 7.50. The van der Waals surface area contributed by atoms with Crippen LogP contribution >= 0.6 is 0 Å². The Hall–Kier alpha value is -1.14. The molecule has 2 N–H and O–H groups in total. The molecule has 0 aromatic rings. The van der Waals surface area contributed by atoms with Crippen molar-refractivity contribution in [3.8, 4) is 0 Å². The average molecular weight is 337 g/mol. The smallest absolute Gasteiger partial charge is 0.237 e. The minimum Gasteiger partial charge on any atom is -0.378 e. The number of hydrogen-bond acceptors (Lipinski definition) is 4. The number of hydrogen-bond donors (Lipinski definition) is 1. The zero-order valence-electron chi connectivity index (χ0n) is 14.7. The lowest BCUT2D eigenvalue weighted by Gasteiger charge is -2.47. The maximum Gasteiger partial charge on any atom is 0.237 e. The molecular formula is C18H31N3O3. The largest absolute Gasteiger partial charge is 0.378 e. The number of nitrogens with two attached hydrogens (primary N) is 1. The van der Waals surface area contributed by atoms with Gasteiger partial charge in [-0.3, -0.25) is 14.5 Å². The first kappa shape index (κ1) is 17.7. The predicted molar refractivity (Wildman–Crippen MR) is 91.4 cm³/mol. The van der Waals surface area contributed by atoms with Gasteiger partial charge < -0.3 is 15.4 Å². The van der Waals surface area contributed by atoms with Gasteiger partial charge in [0.2, 0.25) is 11.8 Å². The van der Waals surface area contributed by atoms with E-state index in [2.05, 4.69) is 4.90 Å². The van der Waals surface area contributed by atoms with E-state index in [4.69, 9.17) is 10.5 Å². The van der Waals surface area contributed by atoms with Crippen LogP contribution in [0, 0.1) is 0 Å². The summed E-state index contributed by atoms with van der Waals surface area (Å²) in [6.45, 7) is 3.77. The topological polar surface area (TPSA) is 75.9 Å². The van der Waals surface area contributed by atoms with Crippen molar-refractivity contribution < 1.29 is 14.3 Å². The zero-order valence-corrected chi connectivity index (χ0v) is 14.7. The van der Waals surface area contributed by atoms with Crippen LogP contribution in [-0.4, -0.2) is 66.0 Å². The monoisotopic (exact) mass is 337 g/mol. The van der Waals surface area contributed by atoms with Crippen LogP contribution in [0.5, 0.6) is 0 Å². The molecule has 1 atom stereocenters. The molecule has 6 heteroatoms. The molecule has 2 saturated heterocycles. The lowest BCUT2D eigenvalue weighted by Crippen LogP contribution is -2.63. The molecule has 3 fully saturated rings. The van der Waals surface area contributed by atoms with Crippen molar-refractivity contribution in [3.63, 3.8) is 0 Å². The standard InChI is InChI=1S/C18H31N3O3/c19-17(23)18(8-2-1-3-9-18)21-12-10-20(11-13-21)16(22)7-6-15-5-4-14-24-15/h15H,1-14H2,(H2,19,23)/t15-/m1/s1. The van der Waals surface area contributed by atoms with Gasteiger partial charge in [-0.05, 0) is 32.1 Å². The molecule has 0 bridgehead atoms. The Morgan fingerprint density at radius 3 is 2.33 bits per heavy atom. The van der Waals surface area contributed by atoms with Crippen LogP contribution in [0.3, 0.4) is 0 Å². The number of amides is 2. The van der Waals surface area contributed by atoms with Gasteiger partial charge in [0.25, 0.3) is 0 Å². The van der Waals surface area contributed by atoms with Crippen LogP contribution in [0.2, 0.25) is 0 Å². The Labute approximate surface area is 144 Å². The third kappa shape index (κ3) is 3.75. The summed E-state index contributed by atoms with van der Waals surface area (Å²) in [7, 11) is 0. The summed E-state index contributed by atoms with van der Waals surface area (Å²) in [5, 5.41) is 0. The molecule has 0 aromatic heterocycles. The van der Waals surface area contributed by atoms with Crippen molar-refractivity contribution >= 4 is 11.8 Å². The van der Waals surface area contributed by atoms with E-state index < -0.39 is 5.54 Å². The highest BCUT2D eigenvalue weighted by Gasteiger charge is 2.44. The molecule has 136 valence electrons. The minimum absolute atomic E-state index is 0.180. The number of carbonyl (C=O) groups is 2. The molecule has 3 rings (SSSR count). The first-order chi connectivity index (χ1) is 11.6. The van der Waals surface area contributed by atoms with Crippen molar-refractivity contribution in [2.45, 2.75) is 69.4 Å². The lowest BCUT2D eigenvalue weighted by molar-refractivity contribution is -0.139. The van der Waals surface area contributed by atoms with Crippen LogP contribution in [-0.2, 0) is 14.3 Å². The van der Waals surface area contributed by atoms with Crippen molar-refractivity contribution in [3.05, 3.63) is 0 Å². The number of primary amides is 1. The summed E-state index contributed by atoms with van der Waals surface area (Å²) in [5.74, 6) is 0.0438. The second kappa shape index (κ2) is 7.83. The Kier molecular flexibility index (Phi) is 5.76. The molecule has 0 radical (unpaired) electrons. The van der Waals surface area contributed by atoms with Crippen molar-refractivity contribution in [2.24, 2.45) is 5.73 Å². The molecule has 0 unspecified atom stereocenters. The van der Waals surface area contributed by atoms with Crippen molar-refractivity contribution in [1.29, 1.82) is 0 Å². The second-order valence-corrected chi connectivity index (χ2v) is 7.50. The first-order valence-electron chi connectivity index (χ1n) is 9.56. The van der Waals surface area contributed by atoms with E-state index in [9.17, 15) is 9.59 Å². The summed E-state index contributed by atoms with van der Waals surface area (Å²) < 4.78 is 5.60. The van der Waals surface area contributed by atoms with Crippen LogP contribution in [0.4, 0.5) is 0 Å². The third-order valence-electron chi connectivity index (χ3n) is 6.08. The normalized spacial score (nSPS) is 28.0. The van der Waals surface area contributed by atoms with Gasteiger partial charge >= 0.3 is 0 Å². The summed E-state index contributed by atoms with van der Waals surface area (Å²) in [6.07, 6.45) is 8.97. The fraction of sp³-hybridized carbons (Fsp3) is 0.889. The highest BCUT2D eigenvalue weighted by Crippen LogP contribution is 2.34. The summed E-state index contributed by atoms with van der Waals surface area (Å²) >= 11 is 0. The zero-order chi connectivity index (χ0) is 17.0. The number of carbonyl (C=O) groups excluding carboxylic acids is 2. The van der Waals surface area contributed by atoms with E-state index in [1.54, 1.807) is 0 Å². The fourth-order valence-corrected chi connectivity index (χ4v) is 4.55. The maximum atomic E-state index is 12.4. The molecule has 2 aliphatic heterocycles. The Morgan fingerprint density at radius 1 is 1.04 bits per heavy atom. The Bertz CT molecular complexity index is 448. The van der Waals surface area contributed by atoms with E-state index in [0.717, 1.165) is 64.6 Å². The molecule has 6 nitrogen and oxygen atoms in total. The highest BCUT2D eigenvalue weighted by molar-refractivity contribution is 5.85. The van der Waals surface area contributed by atoms with Crippen molar-refractivity contribution in [2.75, 3.05) is 32.8 Å². The lowest BCUT2D eigenvalue weighted by atomic mass is 9.79. The number of rotatable bonds is 5.